The zero-order chi connectivity index (χ0) is 26.4. The average Bonchev–Trinajstić information content (AvgIpc) is 3.28. The molecule has 1 aliphatic rings. The predicted octanol–water partition coefficient (Wildman–Crippen LogP) is 5.22. The maximum absolute atomic E-state index is 13.0. The molecule has 0 aromatic carbocycles. The van der Waals surface area contributed by atoms with Gasteiger partial charge in [-0.25, -0.2) is 9.67 Å². The Balaban J connectivity index is 1.39. The molecule has 1 amide bonds. The second-order valence-electron chi connectivity index (χ2n) is 9.86. The minimum Gasteiger partial charge on any atom is -0.380 e. The van der Waals surface area contributed by atoms with E-state index in [2.05, 4.69) is 40.6 Å². The lowest BCUT2D eigenvalue weighted by molar-refractivity contribution is 0.102. The summed E-state index contributed by atoms with van der Waals surface area (Å²) < 4.78 is 7.11. The van der Waals surface area contributed by atoms with E-state index in [0.717, 1.165) is 61.5 Å². The second-order valence-corrected chi connectivity index (χ2v) is 9.86. The molecule has 196 valence electrons. The molecule has 1 atom stereocenters. The van der Waals surface area contributed by atoms with E-state index < -0.39 is 0 Å². The molecule has 8 nitrogen and oxygen atoms in total. The molecule has 0 fully saturated rings. The van der Waals surface area contributed by atoms with Crippen LogP contribution in [0.25, 0.3) is 11.4 Å². The smallest absolute Gasteiger partial charge is 0.259 e. The van der Waals surface area contributed by atoms with E-state index in [-0.39, 0.29) is 5.91 Å². The lowest BCUT2D eigenvalue weighted by Crippen LogP contribution is -2.33. The van der Waals surface area contributed by atoms with Crippen LogP contribution in [0.5, 0.6) is 0 Å². The number of hydrogen-bond acceptors (Lipinski definition) is 6. The van der Waals surface area contributed by atoms with Crippen LogP contribution in [0.1, 0.15) is 78.8 Å². The van der Waals surface area contributed by atoms with E-state index in [9.17, 15) is 4.79 Å². The van der Waals surface area contributed by atoms with Gasteiger partial charge in [0, 0.05) is 25.4 Å². The molecule has 0 spiro atoms. The van der Waals surface area contributed by atoms with Gasteiger partial charge in [-0.1, -0.05) is 26.0 Å². The van der Waals surface area contributed by atoms with Crippen LogP contribution in [0.3, 0.4) is 0 Å². The van der Waals surface area contributed by atoms with Crippen molar-refractivity contribution in [3.8, 4) is 5.82 Å². The predicted molar refractivity (Wildman–Crippen MR) is 147 cm³/mol. The number of nitrogens with one attached hydrogen (secondary N) is 2. The van der Waals surface area contributed by atoms with E-state index in [0.29, 0.717) is 29.0 Å². The van der Waals surface area contributed by atoms with Crippen LogP contribution in [0, 0.1) is 13.8 Å². The van der Waals surface area contributed by atoms with Gasteiger partial charge < -0.3 is 15.4 Å². The number of nitrogens with zero attached hydrogens (tertiary/aromatic N) is 4. The van der Waals surface area contributed by atoms with Crippen LogP contribution < -0.4 is 10.6 Å². The first-order chi connectivity index (χ1) is 17.9. The number of hydrogen-bond donors (Lipinski definition) is 2. The van der Waals surface area contributed by atoms with Gasteiger partial charge in [0.1, 0.15) is 0 Å². The van der Waals surface area contributed by atoms with Gasteiger partial charge in [0.15, 0.2) is 5.82 Å². The molecule has 8 heteroatoms. The van der Waals surface area contributed by atoms with Crippen LogP contribution in [-0.4, -0.2) is 51.5 Å². The summed E-state index contributed by atoms with van der Waals surface area (Å²) in [6.45, 7) is 12.6. The summed E-state index contributed by atoms with van der Waals surface area (Å²) in [5.74, 6) is 0.883. The highest BCUT2D eigenvalue weighted by atomic mass is 16.5. The summed E-state index contributed by atoms with van der Waals surface area (Å²) in [6.07, 6.45) is 10.5. The Morgan fingerprint density at radius 3 is 2.68 bits per heavy atom. The summed E-state index contributed by atoms with van der Waals surface area (Å²) in [5, 5.41) is 11.0. The number of aromatic nitrogens is 4. The van der Waals surface area contributed by atoms with Crippen molar-refractivity contribution in [3.63, 3.8) is 0 Å². The number of aryl methyl sites for hydroxylation is 1. The quantitative estimate of drug-likeness (QED) is 0.369. The first-order valence-electron chi connectivity index (χ1n) is 13.2. The monoisotopic (exact) mass is 502 g/mol. The third-order valence-electron chi connectivity index (χ3n) is 6.84. The van der Waals surface area contributed by atoms with Gasteiger partial charge in [0.05, 0.1) is 41.6 Å². The van der Waals surface area contributed by atoms with Crippen molar-refractivity contribution in [2.24, 2.45) is 0 Å². The maximum Gasteiger partial charge on any atom is 0.259 e. The Hall–Kier alpha value is -3.36. The van der Waals surface area contributed by atoms with E-state index in [1.165, 1.54) is 5.57 Å². The van der Waals surface area contributed by atoms with Gasteiger partial charge in [-0.3, -0.25) is 9.78 Å². The van der Waals surface area contributed by atoms with Gasteiger partial charge >= 0.3 is 0 Å². The van der Waals surface area contributed by atoms with Crippen molar-refractivity contribution in [1.29, 1.82) is 0 Å². The molecule has 3 aromatic heterocycles. The summed E-state index contributed by atoms with van der Waals surface area (Å²) in [4.78, 5) is 22.3. The molecule has 0 aliphatic heterocycles. The molecule has 3 heterocycles. The molecule has 1 aliphatic carbocycles. The Morgan fingerprint density at radius 1 is 1.19 bits per heavy atom. The minimum absolute atomic E-state index is 0.214. The van der Waals surface area contributed by atoms with Crippen molar-refractivity contribution in [3.05, 3.63) is 70.9 Å². The van der Waals surface area contributed by atoms with Crippen LogP contribution in [0.2, 0.25) is 0 Å². The fourth-order valence-corrected chi connectivity index (χ4v) is 4.62. The van der Waals surface area contributed by atoms with Crippen molar-refractivity contribution in [2.45, 2.75) is 65.8 Å². The lowest BCUT2D eigenvalue weighted by atomic mass is 9.91. The molecule has 0 saturated heterocycles. The summed E-state index contributed by atoms with van der Waals surface area (Å²) in [6, 6.07) is 6.45. The number of rotatable bonds is 10. The highest BCUT2D eigenvalue weighted by Crippen LogP contribution is 2.29. The molecule has 0 bridgehead atoms. The number of carbonyl (C=O) groups is 1. The lowest BCUT2D eigenvalue weighted by Gasteiger charge is -2.23. The van der Waals surface area contributed by atoms with Crippen molar-refractivity contribution in [1.82, 2.24) is 25.1 Å². The number of amides is 1. The first kappa shape index (κ1) is 26.7. The molecule has 4 rings (SSSR count). The van der Waals surface area contributed by atoms with E-state index in [4.69, 9.17) is 9.72 Å². The Labute approximate surface area is 219 Å². The summed E-state index contributed by atoms with van der Waals surface area (Å²) in [7, 11) is 0. The number of carbonyl (C=O) groups excluding carboxylic acids is 1. The summed E-state index contributed by atoms with van der Waals surface area (Å²) in [5.41, 5.74) is 6.40. The summed E-state index contributed by atoms with van der Waals surface area (Å²) >= 11 is 0. The molecular formula is C29H38N6O2. The SMILES string of the molecule is CCOCCNC1CC=C(c2ncc(NC(=O)c3cnn(-c4ccc(C(C)C)cn4)c3C)cc2C)CC1. The topological polar surface area (TPSA) is 94.0 Å². The van der Waals surface area contributed by atoms with E-state index in [1.54, 1.807) is 17.1 Å². The molecule has 1 unspecified atom stereocenters. The van der Waals surface area contributed by atoms with Gasteiger partial charge in [0.25, 0.3) is 5.91 Å². The number of ether oxygens (including phenoxy) is 1. The first-order valence-corrected chi connectivity index (χ1v) is 13.2. The molecule has 2 N–H and O–H groups in total. The fraction of sp³-hybridized carbons (Fsp3) is 0.448. The van der Waals surface area contributed by atoms with Crippen LogP contribution in [0.4, 0.5) is 5.69 Å². The maximum atomic E-state index is 13.0. The van der Waals surface area contributed by atoms with E-state index in [1.807, 2.05) is 45.2 Å². The van der Waals surface area contributed by atoms with Crippen molar-refractivity contribution < 1.29 is 9.53 Å². The standard InChI is InChI=1S/C29H38N6O2/c1-6-37-14-13-30-24-10-7-22(8-11-24)28-20(4)15-25(17-32-28)34-29(36)26-18-33-35(21(26)5)27-12-9-23(16-31-27)19(2)3/h7,9,12,15-19,24,30H,6,8,10-11,13-14H2,1-5H3,(H,34,36). The van der Waals surface area contributed by atoms with Crippen LogP contribution in [-0.2, 0) is 4.74 Å². The number of pyridine rings is 2. The number of allylic oxidation sites excluding steroid dienone is 1. The van der Waals surface area contributed by atoms with Crippen molar-refractivity contribution >= 4 is 17.2 Å². The van der Waals surface area contributed by atoms with Gasteiger partial charge in [-0.15, -0.1) is 0 Å². The zero-order valence-corrected chi connectivity index (χ0v) is 22.5. The molecule has 0 saturated carbocycles. The zero-order valence-electron chi connectivity index (χ0n) is 22.5. The third-order valence-corrected chi connectivity index (χ3v) is 6.84. The van der Waals surface area contributed by atoms with Gasteiger partial charge in [-0.2, -0.15) is 5.10 Å². The van der Waals surface area contributed by atoms with Crippen LogP contribution >= 0.6 is 0 Å². The largest absolute Gasteiger partial charge is 0.380 e. The Bertz CT molecular complexity index is 1250. The van der Waals surface area contributed by atoms with Crippen LogP contribution in [0.15, 0.2) is 42.9 Å². The second kappa shape index (κ2) is 12.3. The van der Waals surface area contributed by atoms with Gasteiger partial charge in [-0.05, 0) is 74.8 Å². The molecule has 0 radical (unpaired) electrons. The molecular weight excluding hydrogens is 464 g/mol. The average molecular weight is 503 g/mol. The molecule has 37 heavy (non-hydrogen) atoms. The Kier molecular flexibility index (Phi) is 8.84. The van der Waals surface area contributed by atoms with E-state index >= 15 is 0 Å². The normalized spacial score (nSPS) is 15.6. The van der Waals surface area contributed by atoms with Crippen molar-refractivity contribution in [2.75, 3.05) is 25.1 Å². The highest BCUT2D eigenvalue weighted by Gasteiger charge is 2.19. The number of anilines is 1. The third kappa shape index (κ3) is 6.50. The molecule has 3 aromatic rings. The Morgan fingerprint density at radius 2 is 2.03 bits per heavy atom. The van der Waals surface area contributed by atoms with Gasteiger partial charge in [0.2, 0.25) is 0 Å². The minimum atomic E-state index is -0.214. The fourth-order valence-electron chi connectivity index (χ4n) is 4.62. The highest BCUT2D eigenvalue weighted by molar-refractivity contribution is 6.05.